The van der Waals surface area contributed by atoms with E-state index in [1.165, 1.54) is 11.3 Å². The summed E-state index contributed by atoms with van der Waals surface area (Å²) in [5.74, 6) is -0.341. The van der Waals surface area contributed by atoms with Crippen molar-refractivity contribution in [1.82, 2.24) is 4.98 Å². The van der Waals surface area contributed by atoms with Crippen molar-refractivity contribution in [3.8, 4) is 16.2 Å². The molecule has 0 aliphatic carbocycles. The molecule has 6 heteroatoms. The van der Waals surface area contributed by atoms with Gasteiger partial charge in [-0.25, -0.2) is 9.78 Å². The third-order valence-electron chi connectivity index (χ3n) is 3.18. The summed E-state index contributed by atoms with van der Waals surface area (Å²) < 4.78 is 5.97. The van der Waals surface area contributed by atoms with Crippen LogP contribution in [-0.2, 0) is 6.42 Å². The predicted octanol–water partition coefficient (Wildman–Crippen LogP) is 2.80. The van der Waals surface area contributed by atoms with Crippen LogP contribution in [0.3, 0.4) is 0 Å². The minimum absolute atomic E-state index is 0.0193. The number of para-hydroxylation sites is 1. The van der Waals surface area contributed by atoms with Crippen LogP contribution < -0.4 is 10.5 Å². The largest absolute Gasteiger partial charge is 0.487 e. The molecule has 1 aliphatic rings. The Balaban J connectivity index is 2.19. The highest BCUT2D eigenvalue weighted by Gasteiger charge is 2.33. The average Bonchev–Trinajstić information content (AvgIpc) is 2.86. The van der Waals surface area contributed by atoms with Crippen molar-refractivity contribution in [3.63, 3.8) is 0 Å². The minimum Gasteiger partial charge on any atom is -0.487 e. The first-order chi connectivity index (χ1) is 9.37. The summed E-state index contributed by atoms with van der Waals surface area (Å²) in [6.07, 6.45) is 0.798. The number of hydrogen-bond donors (Lipinski definition) is 2. The number of carboxylic acid groups (broad SMARTS) is 1. The molecule has 0 amide bonds. The topological polar surface area (TPSA) is 85.4 Å². The maximum absolute atomic E-state index is 11.3. The number of aromatic nitrogens is 1. The third-order valence-corrected chi connectivity index (χ3v) is 4.10. The van der Waals surface area contributed by atoms with Crippen molar-refractivity contribution < 1.29 is 14.6 Å². The quantitative estimate of drug-likeness (QED) is 0.888. The molecular formula is C14H14N2O3S. The van der Waals surface area contributed by atoms with Gasteiger partial charge in [-0.3, -0.25) is 0 Å². The normalized spacial score (nSPS) is 15.7. The van der Waals surface area contributed by atoms with Crippen LogP contribution in [0.15, 0.2) is 18.2 Å². The molecule has 3 N–H and O–H groups in total. The van der Waals surface area contributed by atoms with Gasteiger partial charge in [0.05, 0.1) is 4.88 Å². The van der Waals surface area contributed by atoms with Crippen molar-refractivity contribution in [1.29, 1.82) is 0 Å². The number of anilines is 1. The molecule has 104 valence electrons. The van der Waals surface area contributed by atoms with Crippen LogP contribution in [0, 0.1) is 0 Å². The second-order valence-corrected chi connectivity index (χ2v) is 6.40. The van der Waals surface area contributed by atoms with Crippen LogP contribution in [0.4, 0.5) is 5.13 Å². The second kappa shape index (κ2) is 4.21. The van der Waals surface area contributed by atoms with Crippen molar-refractivity contribution in [2.45, 2.75) is 25.9 Å². The molecule has 1 aromatic heterocycles. The van der Waals surface area contributed by atoms with E-state index in [9.17, 15) is 9.90 Å². The highest BCUT2D eigenvalue weighted by Crippen LogP contribution is 2.45. The summed E-state index contributed by atoms with van der Waals surface area (Å²) in [5.41, 5.74) is 7.19. The van der Waals surface area contributed by atoms with Crippen LogP contribution in [0.25, 0.3) is 10.4 Å². The number of ether oxygens (including phenoxy) is 1. The maximum Gasteiger partial charge on any atom is 0.356 e. The van der Waals surface area contributed by atoms with Gasteiger partial charge < -0.3 is 15.6 Å². The van der Waals surface area contributed by atoms with Crippen LogP contribution >= 0.6 is 11.3 Å². The van der Waals surface area contributed by atoms with E-state index in [1.807, 2.05) is 32.0 Å². The molecule has 0 atom stereocenters. The SMILES string of the molecule is CC1(C)Cc2cccc(-c3sc(N)nc3C(=O)O)c2O1. The standard InChI is InChI=1S/C14H14N2O3S/c1-14(2)6-7-4-3-5-8(10(7)19-14)11-9(12(17)18)16-13(15)20-11/h3-5H,6H2,1-2H3,(H2,15,16)(H,17,18). The van der Waals surface area contributed by atoms with Crippen LogP contribution in [-0.4, -0.2) is 21.7 Å². The highest BCUT2D eigenvalue weighted by atomic mass is 32.1. The molecule has 0 spiro atoms. The summed E-state index contributed by atoms with van der Waals surface area (Å²) in [5, 5.41) is 9.48. The third kappa shape index (κ3) is 2.02. The number of nitrogens with two attached hydrogens (primary N) is 1. The molecule has 0 saturated carbocycles. The Hall–Kier alpha value is -2.08. The summed E-state index contributed by atoms with van der Waals surface area (Å²) in [4.78, 5) is 15.7. The lowest BCUT2D eigenvalue weighted by atomic mass is 10.00. The molecule has 0 fully saturated rings. The fourth-order valence-corrected chi connectivity index (χ4v) is 3.30. The Morgan fingerprint density at radius 3 is 2.95 bits per heavy atom. The molecule has 0 unspecified atom stereocenters. The fraction of sp³-hybridized carbons (Fsp3) is 0.286. The lowest BCUT2D eigenvalue weighted by Crippen LogP contribution is -2.24. The van der Waals surface area contributed by atoms with Gasteiger partial charge in [0, 0.05) is 12.0 Å². The van der Waals surface area contributed by atoms with E-state index >= 15 is 0 Å². The molecular weight excluding hydrogens is 276 g/mol. The molecule has 2 heterocycles. The van der Waals surface area contributed by atoms with E-state index in [0.29, 0.717) is 4.88 Å². The number of nitrogens with zero attached hydrogens (tertiary/aromatic N) is 1. The Morgan fingerprint density at radius 2 is 2.25 bits per heavy atom. The summed E-state index contributed by atoms with van der Waals surface area (Å²) in [7, 11) is 0. The molecule has 1 aromatic carbocycles. The Bertz CT molecular complexity index is 706. The second-order valence-electron chi connectivity index (χ2n) is 5.37. The molecule has 3 rings (SSSR count). The minimum atomic E-state index is -1.08. The molecule has 0 saturated heterocycles. The molecule has 2 aromatic rings. The van der Waals surface area contributed by atoms with Gasteiger partial charge in [0.25, 0.3) is 0 Å². The Morgan fingerprint density at radius 1 is 1.50 bits per heavy atom. The first-order valence-electron chi connectivity index (χ1n) is 6.18. The predicted molar refractivity (Wildman–Crippen MR) is 77.3 cm³/mol. The van der Waals surface area contributed by atoms with E-state index in [4.69, 9.17) is 10.5 Å². The zero-order valence-electron chi connectivity index (χ0n) is 11.1. The number of carboxylic acids is 1. The van der Waals surface area contributed by atoms with Crippen molar-refractivity contribution in [2.75, 3.05) is 5.73 Å². The number of thiazole rings is 1. The van der Waals surface area contributed by atoms with Gasteiger partial charge in [-0.2, -0.15) is 0 Å². The van der Waals surface area contributed by atoms with Crippen LogP contribution in [0.5, 0.6) is 5.75 Å². The van der Waals surface area contributed by atoms with Crippen LogP contribution in [0.1, 0.15) is 29.9 Å². The summed E-state index contributed by atoms with van der Waals surface area (Å²) in [6.45, 7) is 4.02. The number of hydrogen-bond acceptors (Lipinski definition) is 5. The van der Waals surface area contributed by atoms with Crippen molar-refractivity contribution in [2.24, 2.45) is 0 Å². The van der Waals surface area contributed by atoms with Gasteiger partial charge in [0.15, 0.2) is 10.8 Å². The van der Waals surface area contributed by atoms with Gasteiger partial charge in [-0.15, -0.1) is 0 Å². The Labute approximate surface area is 120 Å². The molecule has 0 radical (unpaired) electrons. The molecule has 20 heavy (non-hydrogen) atoms. The molecule has 5 nitrogen and oxygen atoms in total. The molecule has 0 bridgehead atoms. The lowest BCUT2D eigenvalue weighted by Gasteiger charge is -2.18. The average molecular weight is 290 g/mol. The zero-order valence-corrected chi connectivity index (χ0v) is 12.0. The van der Waals surface area contributed by atoms with Crippen molar-refractivity contribution >= 4 is 22.4 Å². The smallest absolute Gasteiger partial charge is 0.356 e. The lowest BCUT2D eigenvalue weighted by molar-refractivity contribution is 0.0692. The first kappa shape index (κ1) is 12.9. The van der Waals surface area contributed by atoms with E-state index in [-0.39, 0.29) is 16.4 Å². The van der Waals surface area contributed by atoms with Crippen LogP contribution in [0.2, 0.25) is 0 Å². The highest BCUT2D eigenvalue weighted by molar-refractivity contribution is 7.19. The number of fused-ring (bicyclic) bond motifs is 1. The number of aromatic carboxylic acids is 1. The first-order valence-corrected chi connectivity index (χ1v) is 7.00. The van der Waals surface area contributed by atoms with E-state index in [2.05, 4.69) is 4.98 Å². The van der Waals surface area contributed by atoms with E-state index < -0.39 is 5.97 Å². The number of nitrogen functional groups attached to an aromatic ring is 1. The maximum atomic E-state index is 11.3. The summed E-state index contributed by atoms with van der Waals surface area (Å²) >= 11 is 1.17. The van der Waals surface area contributed by atoms with E-state index in [1.54, 1.807) is 0 Å². The molecule has 1 aliphatic heterocycles. The van der Waals surface area contributed by atoms with Gasteiger partial charge in [-0.1, -0.05) is 23.5 Å². The van der Waals surface area contributed by atoms with E-state index in [0.717, 1.165) is 23.3 Å². The number of rotatable bonds is 2. The van der Waals surface area contributed by atoms with Gasteiger partial charge in [0.2, 0.25) is 0 Å². The van der Waals surface area contributed by atoms with Gasteiger partial charge in [0.1, 0.15) is 11.4 Å². The van der Waals surface area contributed by atoms with Crippen molar-refractivity contribution in [3.05, 3.63) is 29.5 Å². The summed E-state index contributed by atoms with van der Waals surface area (Å²) in [6, 6.07) is 5.75. The Kier molecular flexibility index (Phi) is 2.72. The van der Waals surface area contributed by atoms with Gasteiger partial charge >= 0.3 is 5.97 Å². The van der Waals surface area contributed by atoms with Gasteiger partial charge in [-0.05, 0) is 25.5 Å². The number of benzene rings is 1. The zero-order chi connectivity index (χ0) is 14.5. The fourth-order valence-electron chi connectivity index (χ4n) is 2.46. The monoisotopic (exact) mass is 290 g/mol. The number of carbonyl (C=O) groups is 1.